The second-order valence-corrected chi connectivity index (χ2v) is 5.91. The highest BCUT2D eigenvalue weighted by molar-refractivity contribution is 7.90. The van der Waals surface area contributed by atoms with E-state index in [-0.39, 0.29) is 13.2 Å². The molecule has 1 atom stereocenters. The van der Waals surface area contributed by atoms with Crippen molar-refractivity contribution < 1.29 is 23.4 Å². The number of sulfonamides is 1. The van der Waals surface area contributed by atoms with Gasteiger partial charge in [-0.15, -0.1) is 0 Å². The third kappa shape index (κ3) is 3.80. The van der Waals surface area contributed by atoms with E-state index in [0.29, 0.717) is 11.1 Å². The van der Waals surface area contributed by atoms with Gasteiger partial charge in [-0.25, -0.2) is 13.1 Å². The van der Waals surface area contributed by atoms with Gasteiger partial charge in [0.25, 0.3) is 0 Å². The van der Waals surface area contributed by atoms with Crippen molar-refractivity contribution in [2.75, 3.05) is 0 Å². The molecule has 1 rings (SSSR count). The number of aliphatic carboxylic acids is 1. The summed E-state index contributed by atoms with van der Waals surface area (Å²) in [7, 11) is -3.89. The SMILES string of the molecule is CC(C(=O)O)S(=O)(=O)NCc1cccc(CO)c1. The van der Waals surface area contributed by atoms with Crippen LogP contribution in [0.15, 0.2) is 24.3 Å². The Balaban J connectivity index is 2.73. The minimum Gasteiger partial charge on any atom is -0.480 e. The highest BCUT2D eigenvalue weighted by Gasteiger charge is 2.26. The Kier molecular flexibility index (Phi) is 4.83. The maximum Gasteiger partial charge on any atom is 0.323 e. The number of carboxylic acid groups (broad SMARTS) is 1. The summed E-state index contributed by atoms with van der Waals surface area (Å²) in [6.45, 7) is 0.967. The zero-order valence-electron chi connectivity index (χ0n) is 9.83. The summed E-state index contributed by atoms with van der Waals surface area (Å²) in [5.74, 6) is -1.40. The second-order valence-electron chi connectivity index (χ2n) is 3.82. The molecule has 0 radical (unpaired) electrons. The lowest BCUT2D eigenvalue weighted by Gasteiger charge is -2.10. The first-order valence-electron chi connectivity index (χ1n) is 5.27. The van der Waals surface area contributed by atoms with Gasteiger partial charge in [0.05, 0.1) is 6.61 Å². The van der Waals surface area contributed by atoms with Gasteiger partial charge < -0.3 is 10.2 Å². The largest absolute Gasteiger partial charge is 0.480 e. The summed E-state index contributed by atoms with van der Waals surface area (Å²) < 4.78 is 25.3. The molecule has 1 unspecified atom stereocenters. The fourth-order valence-electron chi connectivity index (χ4n) is 1.28. The predicted molar refractivity (Wildman–Crippen MR) is 65.2 cm³/mol. The molecule has 0 bridgehead atoms. The van der Waals surface area contributed by atoms with Crippen LogP contribution in [-0.4, -0.2) is 29.9 Å². The number of nitrogens with one attached hydrogen (secondary N) is 1. The zero-order chi connectivity index (χ0) is 13.8. The molecule has 100 valence electrons. The molecule has 18 heavy (non-hydrogen) atoms. The molecule has 0 fully saturated rings. The third-order valence-corrected chi connectivity index (χ3v) is 4.14. The molecular weight excluding hydrogens is 258 g/mol. The molecule has 7 heteroatoms. The van der Waals surface area contributed by atoms with Crippen LogP contribution in [0.2, 0.25) is 0 Å². The van der Waals surface area contributed by atoms with E-state index in [1.165, 1.54) is 0 Å². The Hall–Kier alpha value is -1.44. The van der Waals surface area contributed by atoms with Crippen LogP contribution in [0.4, 0.5) is 0 Å². The van der Waals surface area contributed by atoms with E-state index in [9.17, 15) is 13.2 Å². The van der Waals surface area contributed by atoms with Crippen molar-refractivity contribution in [1.29, 1.82) is 0 Å². The normalized spacial score (nSPS) is 13.2. The van der Waals surface area contributed by atoms with Gasteiger partial charge in [0.1, 0.15) is 0 Å². The number of carbonyl (C=O) groups is 1. The molecule has 0 aromatic heterocycles. The van der Waals surface area contributed by atoms with Gasteiger partial charge in [0.2, 0.25) is 10.0 Å². The minimum atomic E-state index is -3.89. The average Bonchev–Trinajstić information content (AvgIpc) is 2.35. The molecule has 6 nitrogen and oxygen atoms in total. The fourth-order valence-corrected chi connectivity index (χ4v) is 2.16. The van der Waals surface area contributed by atoms with Crippen LogP contribution in [0.5, 0.6) is 0 Å². The molecular formula is C11H15NO5S. The topological polar surface area (TPSA) is 104 Å². The first kappa shape index (κ1) is 14.6. The van der Waals surface area contributed by atoms with E-state index in [2.05, 4.69) is 4.72 Å². The van der Waals surface area contributed by atoms with E-state index >= 15 is 0 Å². The summed E-state index contributed by atoms with van der Waals surface area (Å²) in [5, 5.41) is 16.1. The van der Waals surface area contributed by atoms with Crippen LogP contribution >= 0.6 is 0 Å². The van der Waals surface area contributed by atoms with E-state index in [0.717, 1.165) is 6.92 Å². The molecule has 0 spiro atoms. The third-order valence-electron chi connectivity index (χ3n) is 2.46. The van der Waals surface area contributed by atoms with Crippen molar-refractivity contribution in [3.05, 3.63) is 35.4 Å². The molecule has 3 N–H and O–H groups in total. The van der Waals surface area contributed by atoms with E-state index < -0.39 is 21.2 Å². The summed E-state index contributed by atoms with van der Waals surface area (Å²) in [5.41, 5.74) is 1.32. The molecule has 0 heterocycles. The van der Waals surface area contributed by atoms with Crippen LogP contribution in [0.3, 0.4) is 0 Å². The highest BCUT2D eigenvalue weighted by atomic mass is 32.2. The minimum absolute atomic E-state index is 0.00616. The molecule has 0 amide bonds. The smallest absolute Gasteiger partial charge is 0.323 e. The van der Waals surface area contributed by atoms with Crippen molar-refractivity contribution in [3.63, 3.8) is 0 Å². The van der Waals surface area contributed by atoms with Gasteiger partial charge in [-0.05, 0) is 18.1 Å². The van der Waals surface area contributed by atoms with Gasteiger partial charge in [-0.3, -0.25) is 4.79 Å². The van der Waals surface area contributed by atoms with Gasteiger partial charge in [-0.1, -0.05) is 24.3 Å². The van der Waals surface area contributed by atoms with Crippen molar-refractivity contribution in [3.8, 4) is 0 Å². The van der Waals surface area contributed by atoms with E-state index in [1.807, 2.05) is 0 Å². The summed E-state index contributed by atoms with van der Waals surface area (Å²) in [6, 6.07) is 6.73. The number of aliphatic hydroxyl groups is 1. The molecule has 0 aliphatic heterocycles. The van der Waals surface area contributed by atoms with Gasteiger partial charge >= 0.3 is 5.97 Å². The van der Waals surface area contributed by atoms with Crippen LogP contribution in [0, 0.1) is 0 Å². The molecule has 1 aromatic rings. The maximum absolute atomic E-state index is 11.6. The van der Waals surface area contributed by atoms with Crippen LogP contribution in [0.25, 0.3) is 0 Å². The first-order chi connectivity index (χ1) is 8.36. The first-order valence-corrected chi connectivity index (χ1v) is 6.81. The van der Waals surface area contributed by atoms with Crippen LogP contribution in [0.1, 0.15) is 18.1 Å². The molecule has 0 aliphatic carbocycles. The number of hydrogen-bond donors (Lipinski definition) is 3. The predicted octanol–water partition coefficient (Wildman–Crippen LogP) is 0.0714. The maximum atomic E-state index is 11.6. The van der Waals surface area contributed by atoms with Crippen molar-refractivity contribution in [2.45, 2.75) is 25.3 Å². The monoisotopic (exact) mass is 273 g/mol. The lowest BCUT2D eigenvalue weighted by Crippen LogP contribution is -2.37. The van der Waals surface area contributed by atoms with Crippen LogP contribution in [-0.2, 0) is 28.0 Å². The molecule has 1 aromatic carbocycles. The highest BCUT2D eigenvalue weighted by Crippen LogP contribution is 2.06. The number of hydrogen-bond acceptors (Lipinski definition) is 4. The van der Waals surface area contributed by atoms with E-state index in [1.54, 1.807) is 24.3 Å². The van der Waals surface area contributed by atoms with Gasteiger partial charge in [-0.2, -0.15) is 0 Å². The second kappa shape index (κ2) is 5.94. The number of benzene rings is 1. The van der Waals surface area contributed by atoms with Gasteiger partial charge in [0, 0.05) is 6.54 Å². The average molecular weight is 273 g/mol. The lowest BCUT2D eigenvalue weighted by molar-refractivity contribution is -0.136. The zero-order valence-corrected chi connectivity index (χ0v) is 10.6. The lowest BCUT2D eigenvalue weighted by atomic mass is 10.1. The molecule has 0 aliphatic rings. The Bertz CT molecular complexity index is 526. The van der Waals surface area contributed by atoms with E-state index in [4.69, 9.17) is 10.2 Å². The Morgan fingerprint density at radius 3 is 2.56 bits per heavy atom. The Labute approximate surface area is 105 Å². The van der Waals surface area contributed by atoms with Crippen molar-refractivity contribution >= 4 is 16.0 Å². The number of aliphatic hydroxyl groups excluding tert-OH is 1. The summed E-state index contributed by atoms with van der Waals surface area (Å²) in [6.07, 6.45) is 0. The Morgan fingerprint density at radius 1 is 1.39 bits per heavy atom. The summed E-state index contributed by atoms with van der Waals surface area (Å²) >= 11 is 0. The summed E-state index contributed by atoms with van der Waals surface area (Å²) in [4.78, 5) is 10.6. The molecule has 0 saturated heterocycles. The van der Waals surface area contributed by atoms with Crippen molar-refractivity contribution in [1.82, 2.24) is 4.72 Å². The number of carboxylic acids is 1. The number of rotatable bonds is 6. The molecule has 0 saturated carbocycles. The van der Waals surface area contributed by atoms with Gasteiger partial charge in [0.15, 0.2) is 5.25 Å². The Morgan fingerprint density at radius 2 is 2.00 bits per heavy atom. The van der Waals surface area contributed by atoms with Crippen molar-refractivity contribution in [2.24, 2.45) is 0 Å². The quantitative estimate of drug-likeness (QED) is 0.680. The standard InChI is InChI=1S/C11H15NO5S/c1-8(11(14)15)18(16,17)12-6-9-3-2-4-10(5-9)7-13/h2-5,8,12-13H,6-7H2,1H3,(H,14,15). The fraction of sp³-hybridized carbons (Fsp3) is 0.364. The van der Waals surface area contributed by atoms with Crippen LogP contribution < -0.4 is 4.72 Å².